The molecule has 1 aliphatic heterocycles. The number of hydrogen-bond donors (Lipinski definition) is 5. The Morgan fingerprint density at radius 1 is 0.784 bits per heavy atom. The molecule has 1 saturated heterocycles. The van der Waals surface area contributed by atoms with Crippen LogP contribution in [0.5, 0.6) is 0 Å². The van der Waals surface area contributed by atoms with Crippen molar-refractivity contribution in [3.05, 3.63) is 105 Å². The number of halogens is 1. The number of imide groups is 1. The number of imidazole rings is 2. The second-order valence-corrected chi connectivity index (χ2v) is 17.2. The molecular formula is C49H59FN12O12. The fraction of sp³-hybridized carbons (Fsp3) is 0.449. The van der Waals surface area contributed by atoms with Crippen LogP contribution in [0.1, 0.15) is 51.7 Å². The molecule has 1 aromatic carbocycles. The Labute approximate surface area is 422 Å². The van der Waals surface area contributed by atoms with E-state index in [1.807, 2.05) is 18.2 Å². The molecule has 3 atom stereocenters. The Kier molecular flexibility index (Phi) is 18.2. The average Bonchev–Trinajstić information content (AvgIpc) is 3.81. The van der Waals surface area contributed by atoms with Crippen molar-refractivity contribution < 1.29 is 52.0 Å². The number of nitrogens with zero attached hydrogens (tertiary/aromatic N) is 7. The zero-order valence-electron chi connectivity index (χ0n) is 41.0. The standard InChI is InChI=1S/C49H59FN12O12/c1-51-36-28-41(58-62-40(30-54-44(36)62)47(66)56-35-27-33(35)50)55-34-4-3-13-60(48(34)67)42-9-6-32(29-53-42)45(64)52-12-15-70-17-19-72-21-23-74-25-24-73-22-20-71-18-16-69-14-11-31-5-7-37-39(26-31)59(2)49(68)61(37)38-8-10-43(63)57-46(38)65/h3-7,9,13,26,28-30,33,35,38,51H,8,10-12,14-25,27H2,1-2H3,(H,52,64)(H,55,58)(H,56,66)(H,57,63,65)/t33-,35+,38?/m0/s1. The number of aryl methyl sites for hydroxylation is 1. The third-order valence-corrected chi connectivity index (χ3v) is 12.1. The van der Waals surface area contributed by atoms with Crippen molar-refractivity contribution in [3.63, 3.8) is 0 Å². The van der Waals surface area contributed by atoms with E-state index in [0.717, 1.165) is 5.56 Å². The Morgan fingerprint density at radius 2 is 1.46 bits per heavy atom. The summed E-state index contributed by atoms with van der Waals surface area (Å²) in [4.78, 5) is 84.8. The van der Waals surface area contributed by atoms with E-state index >= 15 is 0 Å². The zero-order chi connectivity index (χ0) is 52.0. The van der Waals surface area contributed by atoms with Gasteiger partial charge in [-0.2, -0.15) is 0 Å². The van der Waals surface area contributed by atoms with Crippen LogP contribution in [-0.2, 0) is 51.5 Å². The highest BCUT2D eigenvalue weighted by Crippen LogP contribution is 2.27. The molecule has 0 radical (unpaired) electrons. The molecule has 394 valence electrons. The lowest BCUT2D eigenvalue weighted by atomic mass is 10.1. The summed E-state index contributed by atoms with van der Waals surface area (Å²) in [5.41, 5.74) is 3.06. The van der Waals surface area contributed by atoms with Gasteiger partial charge in [0, 0.05) is 51.9 Å². The van der Waals surface area contributed by atoms with Gasteiger partial charge in [0.1, 0.15) is 23.7 Å². The summed E-state index contributed by atoms with van der Waals surface area (Å²) in [5, 5.41) is 18.2. The molecule has 1 unspecified atom stereocenters. The first kappa shape index (κ1) is 52.9. The predicted octanol–water partition coefficient (Wildman–Crippen LogP) is 1.60. The lowest BCUT2D eigenvalue weighted by Gasteiger charge is -2.21. The van der Waals surface area contributed by atoms with Crippen molar-refractivity contribution in [1.29, 1.82) is 0 Å². The highest BCUT2D eigenvalue weighted by molar-refractivity contribution is 6.00. The summed E-state index contributed by atoms with van der Waals surface area (Å²) >= 11 is 0. The smallest absolute Gasteiger partial charge is 0.329 e. The summed E-state index contributed by atoms with van der Waals surface area (Å²) in [7, 11) is 3.35. The van der Waals surface area contributed by atoms with E-state index in [-0.39, 0.29) is 72.9 Å². The first-order valence-electron chi connectivity index (χ1n) is 24.3. The van der Waals surface area contributed by atoms with Crippen molar-refractivity contribution >= 4 is 57.5 Å². The molecule has 5 aromatic heterocycles. The number of alkyl halides is 1. The van der Waals surface area contributed by atoms with Crippen molar-refractivity contribution in [2.24, 2.45) is 7.05 Å². The van der Waals surface area contributed by atoms with Crippen LogP contribution in [0.3, 0.4) is 0 Å². The third-order valence-electron chi connectivity index (χ3n) is 12.1. The normalized spacial score (nSPS) is 16.4. The Balaban J connectivity index is 0.624. The van der Waals surface area contributed by atoms with Crippen LogP contribution in [0.25, 0.3) is 22.5 Å². The van der Waals surface area contributed by atoms with E-state index in [0.29, 0.717) is 107 Å². The van der Waals surface area contributed by atoms with Gasteiger partial charge in [0.25, 0.3) is 17.4 Å². The van der Waals surface area contributed by atoms with Crippen LogP contribution in [0.2, 0.25) is 0 Å². The second kappa shape index (κ2) is 25.5. The number of ether oxygens (including phenoxy) is 6. The number of carbonyl (C=O) groups excluding carboxylic acids is 4. The van der Waals surface area contributed by atoms with Crippen LogP contribution in [0, 0.1) is 0 Å². The zero-order valence-corrected chi connectivity index (χ0v) is 41.0. The molecule has 25 heteroatoms. The van der Waals surface area contributed by atoms with Crippen LogP contribution >= 0.6 is 0 Å². The molecule has 6 aromatic rings. The van der Waals surface area contributed by atoms with Gasteiger partial charge in [0.05, 0.1) is 114 Å². The number of carbonyl (C=O) groups is 4. The van der Waals surface area contributed by atoms with Crippen LogP contribution < -0.4 is 37.8 Å². The molecule has 1 aliphatic carbocycles. The van der Waals surface area contributed by atoms with Gasteiger partial charge in [0.2, 0.25) is 11.8 Å². The van der Waals surface area contributed by atoms with E-state index < -0.39 is 35.6 Å². The minimum atomic E-state index is -1.07. The highest BCUT2D eigenvalue weighted by Gasteiger charge is 2.39. The Morgan fingerprint density at radius 3 is 2.09 bits per heavy atom. The van der Waals surface area contributed by atoms with E-state index in [1.54, 1.807) is 50.6 Å². The summed E-state index contributed by atoms with van der Waals surface area (Å²) in [5.74, 6) is -1.15. The van der Waals surface area contributed by atoms with Gasteiger partial charge in [-0.15, -0.1) is 5.10 Å². The maximum absolute atomic E-state index is 13.5. The maximum Gasteiger partial charge on any atom is 0.329 e. The number of anilines is 3. The minimum Gasteiger partial charge on any atom is -0.385 e. The first-order valence-corrected chi connectivity index (χ1v) is 24.3. The quantitative estimate of drug-likeness (QED) is 0.0330. The van der Waals surface area contributed by atoms with Crippen molar-refractivity contribution in [2.45, 2.75) is 43.9 Å². The number of aromatic nitrogens is 7. The summed E-state index contributed by atoms with van der Waals surface area (Å²) < 4.78 is 52.5. The van der Waals surface area contributed by atoms with E-state index in [2.05, 4.69) is 41.7 Å². The molecule has 0 bridgehead atoms. The van der Waals surface area contributed by atoms with Crippen molar-refractivity contribution in [3.8, 4) is 5.82 Å². The molecule has 6 heterocycles. The fourth-order valence-corrected chi connectivity index (χ4v) is 8.02. The number of rotatable bonds is 29. The molecule has 24 nitrogen and oxygen atoms in total. The van der Waals surface area contributed by atoms with E-state index in [4.69, 9.17) is 28.4 Å². The summed E-state index contributed by atoms with van der Waals surface area (Å²) in [6.07, 6.45) is 4.56. The van der Waals surface area contributed by atoms with Gasteiger partial charge in [-0.3, -0.25) is 43.0 Å². The van der Waals surface area contributed by atoms with Crippen LogP contribution in [-0.4, -0.2) is 162 Å². The number of nitrogens with one attached hydrogen (secondary N) is 5. The number of benzene rings is 1. The maximum atomic E-state index is 13.5. The molecule has 5 N–H and O–H groups in total. The Hall–Kier alpha value is -7.42. The van der Waals surface area contributed by atoms with Gasteiger partial charge in [-0.1, -0.05) is 6.07 Å². The van der Waals surface area contributed by atoms with Crippen molar-refractivity contribution in [2.75, 3.05) is 104 Å². The molecule has 1 saturated carbocycles. The minimum absolute atomic E-state index is 0.109. The Bertz CT molecular complexity index is 3050. The van der Waals surface area contributed by atoms with Crippen LogP contribution in [0.15, 0.2) is 76.7 Å². The topological polar surface area (TPSA) is 276 Å². The number of hydrogen-bond acceptors (Lipinski definition) is 17. The van der Waals surface area contributed by atoms with Gasteiger partial charge in [-0.25, -0.2) is 23.7 Å². The van der Waals surface area contributed by atoms with Gasteiger partial charge in [0.15, 0.2) is 17.2 Å². The van der Waals surface area contributed by atoms with E-state index in [9.17, 15) is 33.2 Å². The number of fused-ring (bicyclic) bond motifs is 2. The molecule has 2 fully saturated rings. The molecule has 0 spiro atoms. The molecular weight excluding hydrogens is 968 g/mol. The second-order valence-electron chi connectivity index (χ2n) is 17.2. The van der Waals surface area contributed by atoms with Gasteiger partial charge < -0.3 is 49.7 Å². The van der Waals surface area contributed by atoms with Crippen molar-refractivity contribution in [1.82, 2.24) is 49.2 Å². The lowest BCUT2D eigenvalue weighted by Crippen LogP contribution is -2.44. The monoisotopic (exact) mass is 1030 g/mol. The average molecular weight is 1030 g/mol. The number of amides is 4. The molecule has 4 amide bonds. The van der Waals surface area contributed by atoms with Gasteiger partial charge >= 0.3 is 5.69 Å². The number of piperidine rings is 1. The first-order chi connectivity index (χ1) is 36.0. The fourth-order valence-electron chi connectivity index (χ4n) is 8.02. The highest BCUT2D eigenvalue weighted by atomic mass is 19.1. The third kappa shape index (κ3) is 13.4. The lowest BCUT2D eigenvalue weighted by molar-refractivity contribution is -0.135. The number of pyridine rings is 2. The predicted molar refractivity (Wildman–Crippen MR) is 266 cm³/mol. The molecule has 2 aliphatic rings. The van der Waals surface area contributed by atoms with Gasteiger partial charge in [-0.05, 0) is 54.8 Å². The SMILES string of the molecule is CNc1cc(Nc2cccn(-c3ccc(C(=O)NCCOCCOCCOCCOCCOCCOCCc4ccc5c(c4)n(C)c(=O)n5C4CCC(=O)NC4=O)cn3)c2=O)nn2c(C(=O)N[C@@H]3C[C@@H]3F)cnc12. The summed E-state index contributed by atoms with van der Waals surface area (Å²) in [6, 6.07) is 12.4. The van der Waals surface area contributed by atoms with E-state index in [1.165, 1.54) is 30.6 Å². The van der Waals surface area contributed by atoms with Crippen LogP contribution in [0.4, 0.5) is 21.6 Å². The largest absolute Gasteiger partial charge is 0.385 e. The molecule has 74 heavy (non-hydrogen) atoms. The summed E-state index contributed by atoms with van der Waals surface area (Å²) in [6.45, 7) is 4.94. The molecule has 8 rings (SSSR count).